The van der Waals surface area contributed by atoms with Crippen LogP contribution in [0.25, 0.3) is 0 Å². The van der Waals surface area contributed by atoms with E-state index in [0.29, 0.717) is 29.8 Å². The number of hydrogen-bond donors (Lipinski definition) is 0. The summed E-state index contributed by atoms with van der Waals surface area (Å²) < 4.78 is 25.8. The number of carbonyl (C=O) groups is 2. The van der Waals surface area contributed by atoms with Gasteiger partial charge in [0.05, 0.1) is 13.0 Å². The van der Waals surface area contributed by atoms with Gasteiger partial charge in [-0.3, -0.25) is 4.79 Å². The van der Waals surface area contributed by atoms with Crippen molar-refractivity contribution in [2.75, 3.05) is 32.8 Å². The zero-order valence-electron chi connectivity index (χ0n) is 19.6. The molecule has 33 heavy (non-hydrogen) atoms. The van der Waals surface area contributed by atoms with Gasteiger partial charge in [-0.15, -0.1) is 0 Å². The first kappa shape index (κ1) is 22.5. The molecule has 1 aromatic carbocycles. The molecule has 1 unspecified atom stereocenters. The van der Waals surface area contributed by atoms with Crippen LogP contribution in [0.5, 0.6) is 5.75 Å². The van der Waals surface area contributed by atoms with Crippen LogP contribution in [0, 0.1) is 23.6 Å². The Hall–Kier alpha value is -2.31. The predicted octanol–water partition coefficient (Wildman–Crippen LogP) is 4.41. The van der Waals surface area contributed by atoms with Crippen molar-refractivity contribution in [1.29, 1.82) is 0 Å². The van der Waals surface area contributed by atoms with E-state index in [4.69, 9.17) is 9.47 Å². The molecule has 2 amide bonds. The van der Waals surface area contributed by atoms with Crippen LogP contribution in [0.2, 0.25) is 0 Å². The van der Waals surface area contributed by atoms with Crippen molar-refractivity contribution in [1.82, 2.24) is 9.80 Å². The van der Waals surface area contributed by atoms with E-state index in [1.165, 1.54) is 12.5 Å². The minimum atomic E-state index is -0.369. The Kier molecular flexibility index (Phi) is 6.23. The van der Waals surface area contributed by atoms with E-state index < -0.39 is 0 Å². The Morgan fingerprint density at radius 1 is 1.12 bits per heavy atom. The van der Waals surface area contributed by atoms with Crippen molar-refractivity contribution >= 4 is 12.0 Å². The molecule has 2 saturated carbocycles. The van der Waals surface area contributed by atoms with E-state index in [1.54, 1.807) is 17.0 Å². The van der Waals surface area contributed by atoms with Crippen molar-refractivity contribution < 1.29 is 23.5 Å². The maximum atomic E-state index is 14.4. The first-order valence-corrected chi connectivity index (χ1v) is 12.6. The molecule has 2 aliphatic carbocycles. The molecule has 180 valence electrons. The topological polar surface area (TPSA) is 59.1 Å². The molecule has 0 aromatic heterocycles. The lowest BCUT2D eigenvalue weighted by Gasteiger charge is -2.32. The summed E-state index contributed by atoms with van der Waals surface area (Å²) >= 11 is 0. The summed E-state index contributed by atoms with van der Waals surface area (Å²) in [7, 11) is 0. The lowest BCUT2D eigenvalue weighted by molar-refractivity contribution is -0.133. The number of carbonyl (C=O) groups excluding carboxylic acids is 2. The van der Waals surface area contributed by atoms with E-state index in [0.717, 1.165) is 70.6 Å². The van der Waals surface area contributed by atoms with Crippen LogP contribution in [0.4, 0.5) is 9.18 Å². The Morgan fingerprint density at radius 3 is 2.52 bits per heavy atom. The molecule has 2 heterocycles. The summed E-state index contributed by atoms with van der Waals surface area (Å²) in [6, 6.07) is 4.84. The van der Waals surface area contributed by atoms with Gasteiger partial charge < -0.3 is 19.3 Å². The normalized spacial score (nSPS) is 25.9. The molecule has 0 N–H and O–H groups in total. The third-order valence-corrected chi connectivity index (χ3v) is 8.00. The molecule has 2 aliphatic heterocycles. The molecule has 5 rings (SSSR count). The van der Waals surface area contributed by atoms with E-state index in [9.17, 15) is 14.0 Å². The lowest BCUT2D eigenvalue weighted by Crippen LogP contribution is -2.42. The largest absolute Gasteiger partial charge is 0.493 e. The molecule has 6 nitrogen and oxygen atoms in total. The number of hydrogen-bond acceptors (Lipinski definition) is 4. The fourth-order valence-electron chi connectivity index (χ4n) is 5.17. The molecule has 0 spiro atoms. The van der Waals surface area contributed by atoms with Crippen molar-refractivity contribution in [2.45, 2.75) is 63.9 Å². The van der Waals surface area contributed by atoms with Crippen molar-refractivity contribution in [2.24, 2.45) is 17.8 Å². The number of likely N-dealkylation sites (tertiary alicyclic amines) is 2. The maximum absolute atomic E-state index is 14.4. The third-order valence-electron chi connectivity index (χ3n) is 8.00. The van der Waals surface area contributed by atoms with Gasteiger partial charge in [-0.2, -0.15) is 0 Å². The van der Waals surface area contributed by atoms with E-state index in [-0.39, 0.29) is 29.8 Å². The zero-order chi connectivity index (χ0) is 23.0. The van der Waals surface area contributed by atoms with E-state index in [2.05, 4.69) is 0 Å². The van der Waals surface area contributed by atoms with Gasteiger partial charge in [0.15, 0.2) is 0 Å². The fourth-order valence-corrected chi connectivity index (χ4v) is 5.17. The standard InChI is InChI=1S/C26H35FN2O4/c1-26(8-9-26)33-25(31)29-12-5-18(6-13-29)22-15-19(22)7-14-32-21-4-3-20(23(27)17-21)16-24(30)28-10-2-11-28/h3-4,17-19,22H,2,5-16H2,1H3/t19-,22?/m1/s1. The molecule has 4 fully saturated rings. The lowest BCUT2D eigenvalue weighted by atomic mass is 9.91. The van der Waals surface area contributed by atoms with E-state index in [1.807, 2.05) is 11.8 Å². The monoisotopic (exact) mass is 458 g/mol. The van der Waals surface area contributed by atoms with Gasteiger partial charge in [0, 0.05) is 32.2 Å². The number of ether oxygens (including phenoxy) is 2. The van der Waals surface area contributed by atoms with Gasteiger partial charge in [-0.05, 0) is 81.3 Å². The van der Waals surface area contributed by atoms with Gasteiger partial charge in [-0.1, -0.05) is 6.07 Å². The highest BCUT2D eigenvalue weighted by Gasteiger charge is 2.45. The number of amides is 2. The maximum Gasteiger partial charge on any atom is 0.410 e. The molecule has 0 bridgehead atoms. The predicted molar refractivity (Wildman–Crippen MR) is 121 cm³/mol. The minimum absolute atomic E-state index is 0.00601. The molecule has 2 saturated heterocycles. The van der Waals surface area contributed by atoms with E-state index >= 15 is 0 Å². The van der Waals surface area contributed by atoms with Gasteiger partial charge in [0.25, 0.3) is 0 Å². The van der Waals surface area contributed by atoms with Crippen LogP contribution < -0.4 is 4.74 Å². The van der Waals surface area contributed by atoms with Gasteiger partial charge in [0.2, 0.25) is 5.91 Å². The van der Waals surface area contributed by atoms with Crippen molar-refractivity contribution in [3.05, 3.63) is 29.6 Å². The molecular formula is C26H35FN2O4. The minimum Gasteiger partial charge on any atom is -0.493 e. The SMILES string of the molecule is CC1(OC(=O)N2CCC(C3C[C@H]3CCOc3ccc(CC(=O)N4CCC4)c(F)c3)CC2)CC1. The Balaban J connectivity index is 0.998. The number of halogens is 1. The highest BCUT2D eigenvalue weighted by molar-refractivity contribution is 5.79. The summed E-state index contributed by atoms with van der Waals surface area (Å²) in [5.41, 5.74) is 0.229. The second-order valence-corrected chi connectivity index (χ2v) is 10.6. The summed E-state index contributed by atoms with van der Waals surface area (Å²) in [5.74, 6) is 2.22. The van der Waals surface area contributed by atoms with Crippen LogP contribution in [-0.4, -0.2) is 60.2 Å². The average molecular weight is 459 g/mol. The molecular weight excluding hydrogens is 423 g/mol. The summed E-state index contributed by atoms with van der Waals surface area (Å²) in [5, 5.41) is 0. The number of nitrogens with zero attached hydrogens (tertiary/aromatic N) is 2. The second-order valence-electron chi connectivity index (χ2n) is 10.6. The number of benzene rings is 1. The third kappa shape index (κ3) is 5.44. The second kappa shape index (κ2) is 9.15. The number of piperidine rings is 1. The summed E-state index contributed by atoms with van der Waals surface area (Å²) in [6.07, 6.45) is 7.28. The highest BCUT2D eigenvalue weighted by Crippen LogP contribution is 2.50. The van der Waals surface area contributed by atoms with Crippen LogP contribution in [0.15, 0.2) is 18.2 Å². The van der Waals surface area contributed by atoms with Gasteiger partial charge >= 0.3 is 6.09 Å². The highest BCUT2D eigenvalue weighted by atomic mass is 19.1. The van der Waals surface area contributed by atoms with Crippen LogP contribution >= 0.6 is 0 Å². The van der Waals surface area contributed by atoms with Gasteiger partial charge in [0.1, 0.15) is 17.2 Å². The average Bonchev–Trinajstić information content (AvgIpc) is 3.67. The Bertz CT molecular complexity index is 890. The Labute approximate surface area is 195 Å². The first-order valence-electron chi connectivity index (χ1n) is 12.6. The Morgan fingerprint density at radius 2 is 1.88 bits per heavy atom. The smallest absolute Gasteiger partial charge is 0.410 e. The molecule has 0 radical (unpaired) electrons. The molecule has 7 heteroatoms. The summed E-state index contributed by atoms with van der Waals surface area (Å²) in [4.78, 5) is 28.0. The van der Waals surface area contributed by atoms with Crippen molar-refractivity contribution in [3.8, 4) is 5.75 Å². The van der Waals surface area contributed by atoms with Crippen molar-refractivity contribution in [3.63, 3.8) is 0 Å². The van der Waals surface area contributed by atoms with Crippen LogP contribution in [0.3, 0.4) is 0 Å². The summed E-state index contributed by atoms with van der Waals surface area (Å²) in [6.45, 7) is 5.75. The quantitative estimate of drug-likeness (QED) is 0.579. The first-order chi connectivity index (χ1) is 15.9. The number of rotatable bonds is 8. The fraction of sp³-hybridized carbons (Fsp3) is 0.692. The molecule has 1 aromatic rings. The van der Waals surface area contributed by atoms with Crippen LogP contribution in [0.1, 0.15) is 57.4 Å². The zero-order valence-corrected chi connectivity index (χ0v) is 19.6. The van der Waals surface area contributed by atoms with Crippen LogP contribution in [-0.2, 0) is 16.0 Å². The van der Waals surface area contributed by atoms with Gasteiger partial charge in [-0.25, -0.2) is 9.18 Å². The molecule has 4 aliphatic rings. The molecule has 2 atom stereocenters.